The van der Waals surface area contributed by atoms with Gasteiger partial charge in [0.15, 0.2) is 0 Å². The number of hydrogen-bond donors (Lipinski definition) is 1. The molecule has 1 aromatic heterocycles. The number of likely N-dealkylation sites (N-methyl/N-ethyl adjacent to an activating group) is 1. The smallest absolute Gasteiger partial charge is 0.128 e. The summed E-state index contributed by atoms with van der Waals surface area (Å²) in [5.74, 6) is 0.712. The van der Waals surface area contributed by atoms with Crippen molar-refractivity contribution < 1.29 is 4.39 Å². The molecule has 2 aromatic rings. The first-order valence-corrected chi connectivity index (χ1v) is 7.48. The Bertz CT molecular complexity index is 544. The van der Waals surface area contributed by atoms with Gasteiger partial charge in [0.2, 0.25) is 0 Å². The molecule has 2 rings (SSSR count). The van der Waals surface area contributed by atoms with E-state index in [2.05, 4.69) is 21.8 Å². The highest BCUT2D eigenvalue weighted by molar-refractivity contribution is 5.39. The molecule has 118 valence electrons. The molecule has 22 heavy (non-hydrogen) atoms. The summed E-state index contributed by atoms with van der Waals surface area (Å²) < 4.78 is 13.0. The van der Waals surface area contributed by atoms with Gasteiger partial charge in [-0.3, -0.25) is 0 Å². The van der Waals surface area contributed by atoms with Crippen LogP contribution in [-0.2, 0) is 6.54 Å². The minimum absolute atomic E-state index is 0.212. The number of halogens is 1. The van der Waals surface area contributed by atoms with Crippen LogP contribution in [0.3, 0.4) is 0 Å². The highest BCUT2D eigenvalue weighted by Crippen LogP contribution is 2.14. The van der Waals surface area contributed by atoms with Crippen LogP contribution in [0, 0.1) is 5.82 Å². The molecule has 4 nitrogen and oxygen atoms in total. The highest BCUT2D eigenvalue weighted by atomic mass is 19.1. The van der Waals surface area contributed by atoms with Gasteiger partial charge >= 0.3 is 0 Å². The van der Waals surface area contributed by atoms with E-state index in [9.17, 15) is 4.39 Å². The van der Waals surface area contributed by atoms with Crippen molar-refractivity contribution in [2.24, 2.45) is 5.73 Å². The van der Waals surface area contributed by atoms with Crippen LogP contribution in [0.4, 0.5) is 10.2 Å². The molecule has 0 radical (unpaired) electrons. The minimum atomic E-state index is -0.212. The van der Waals surface area contributed by atoms with Crippen LogP contribution in [-0.4, -0.2) is 43.1 Å². The molecule has 0 bridgehead atoms. The lowest BCUT2D eigenvalue weighted by Gasteiger charge is -2.26. The third-order valence-corrected chi connectivity index (χ3v) is 3.52. The summed E-state index contributed by atoms with van der Waals surface area (Å²) >= 11 is 0. The van der Waals surface area contributed by atoms with Gasteiger partial charge in [0, 0.05) is 38.9 Å². The zero-order valence-corrected chi connectivity index (χ0v) is 13.0. The first kappa shape index (κ1) is 16.4. The minimum Gasteiger partial charge on any atom is -0.351 e. The van der Waals surface area contributed by atoms with Crippen LogP contribution in [0.15, 0.2) is 48.7 Å². The molecule has 0 aliphatic carbocycles. The second-order valence-electron chi connectivity index (χ2n) is 5.33. The fourth-order valence-corrected chi connectivity index (χ4v) is 2.25. The molecular formula is C17H23FN4. The van der Waals surface area contributed by atoms with Gasteiger partial charge < -0.3 is 15.5 Å². The summed E-state index contributed by atoms with van der Waals surface area (Å²) in [6.45, 7) is 3.96. The van der Waals surface area contributed by atoms with Crippen molar-refractivity contribution in [1.82, 2.24) is 9.88 Å². The van der Waals surface area contributed by atoms with Gasteiger partial charge in [0.05, 0.1) is 0 Å². The van der Waals surface area contributed by atoms with Crippen molar-refractivity contribution in [3.63, 3.8) is 0 Å². The van der Waals surface area contributed by atoms with E-state index in [1.165, 1.54) is 12.1 Å². The molecule has 5 heteroatoms. The summed E-state index contributed by atoms with van der Waals surface area (Å²) in [4.78, 5) is 8.82. The monoisotopic (exact) mass is 302 g/mol. The standard InChI is InChI=1S/C17H23FN4/c1-21(11-9-19)12-13-22(17-4-2-3-10-20-17)14-15-5-7-16(18)8-6-15/h2-8,10H,9,11-14,19H2,1H3. The average molecular weight is 302 g/mol. The number of hydrogen-bond acceptors (Lipinski definition) is 4. The fourth-order valence-electron chi connectivity index (χ4n) is 2.25. The highest BCUT2D eigenvalue weighted by Gasteiger charge is 2.10. The molecule has 0 saturated carbocycles. The Labute approximate surface area is 131 Å². The number of anilines is 1. The summed E-state index contributed by atoms with van der Waals surface area (Å²) in [5.41, 5.74) is 6.64. The summed E-state index contributed by atoms with van der Waals surface area (Å²) in [7, 11) is 2.06. The van der Waals surface area contributed by atoms with Crippen LogP contribution in [0.1, 0.15) is 5.56 Å². The molecule has 0 unspecified atom stereocenters. The molecule has 0 saturated heterocycles. The Morgan fingerprint density at radius 3 is 2.45 bits per heavy atom. The van der Waals surface area contributed by atoms with Gasteiger partial charge in [-0.25, -0.2) is 9.37 Å². The number of rotatable bonds is 8. The van der Waals surface area contributed by atoms with Crippen molar-refractivity contribution in [2.75, 3.05) is 38.1 Å². The third-order valence-electron chi connectivity index (χ3n) is 3.52. The first-order valence-electron chi connectivity index (χ1n) is 7.48. The number of pyridine rings is 1. The molecule has 1 aromatic carbocycles. The molecule has 0 spiro atoms. The molecule has 1 heterocycles. The zero-order chi connectivity index (χ0) is 15.8. The summed E-state index contributed by atoms with van der Waals surface area (Å²) in [6.07, 6.45) is 1.79. The second kappa shape index (κ2) is 8.46. The van der Waals surface area contributed by atoms with E-state index in [0.717, 1.165) is 31.0 Å². The molecule has 0 fully saturated rings. The van der Waals surface area contributed by atoms with Crippen LogP contribution in [0.25, 0.3) is 0 Å². The van der Waals surface area contributed by atoms with E-state index in [1.807, 2.05) is 30.3 Å². The lowest BCUT2D eigenvalue weighted by Crippen LogP contribution is -2.35. The van der Waals surface area contributed by atoms with Crippen LogP contribution >= 0.6 is 0 Å². The summed E-state index contributed by atoms with van der Waals surface area (Å²) in [6, 6.07) is 12.5. The van der Waals surface area contributed by atoms with Crippen LogP contribution in [0.2, 0.25) is 0 Å². The van der Waals surface area contributed by atoms with Crippen molar-refractivity contribution in [3.8, 4) is 0 Å². The summed E-state index contributed by atoms with van der Waals surface area (Å²) in [5, 5.41) is 0. The Morgan fingerprint density at radius 1 is 1.05 bits per heavy atom. The lowest BCUT2D eigenvalue weighted by molar-refractivity contribution is 0.348. The second-order valence-corrected chi connectivity index (χ2v) is 5.33. The van der Waals surface area contributed by atoms with E-state index in [0.29, 0.717) is 13.1 Å². The number of benzene rings is 1. The largest absolute Gasteiger partial charge is 0.351 e. The van der Waals surface area contributed by atoms with E-state index >= 15 is 0 Å². The van der Waals surface area contributed by atoms with E-state index < -0.39 is 0 Å². The maximum atomic E-state index is 13.0. The molecule has 0 amide bonds. The molecule has 0 aliphatic rings. The Morgan fingerprint density at radius 2 is 1.82 bits per heavy atom. The van der Waals surface area contributed by atoms with Gasteiger partial charge in [-0.05, 0) is 36.9 Å². The van der Waals surface area contributed by atoms with Gasteiger partial charge in [0.25, 0.3) is 0 Å². The Hall–Kier alpha value is -1.98. The number of aromatic nitrogens is 1. The average Bonchev–Trinajstić information content (AvgIpc) is 2.54. The predicted molar refractivity (Wildman–Crippen MR) is 88.2 cm³/mol. The van der Waals surface area contributed by atoms with Gasteiger partial charge in [-0.1, -0.05) is 18.2 Å². The number of nitrogens with zero attached hydrogens (tertiary/aromatic N) is 3. The van der Waals surface area contributed by atoms with Gasteiger partial charge in [-0.15, -0.1) is 0 Å². The maximum Gasteiger partial charge on any atom is 0.128 e. The molecule has 2 N–H and O–H groups in total. The van der Waals surface area contributed by atoms with E-state index in [-0.39, 0.29) is 5.82 Å². The molecule has 0 aliphatic heterocycles. The van der Waals surface area contributed by atoms with Crippen molar-refractivity contribution in [1.29, 1.82) is 0 Å². The maximum absolute atomic E-state index is 13.0. The quantitative estimate of drug-likeness (QED) is 0.811. The lowest BCUT2D eigenvalue weighted by atomic mass is 10.2. The normalized spacial score (nSPS) is 10.9. The number of nitrogens with two attached hydrogens (primary N) is 1. The van der Waals surface area contributed by atoms with Crippen molar-refractivity contribution in [3.05, 3.63) is 60.0 Å². The van der Waals surface area contributed by atoms with Crippen LogP contribution < -0.4 is 10.6 Å². The first-order chi connectivity index (χ1) is 10.7. The topological polar surface area (TPSA) is 45.4 Å². The predicted octanol–water partition coefficient (Wildman–Crippen LogP) is 2.12. The van der Waals surface area contributed by atoms with Gasteiger partial charge in [-0.2, -0.15) is 0 Å². The third kappa shape index (κ3) is 5.09. The fraction of sp³-hybridized carbons (Fsp3) is 0.353. The van der Waals surface area contributed by atoms with Crippen LogP contribution in [0.5, 0.6) is 0 Å². The van der Waals surface area contributed by atoms with Crippen molar-refractivity contribution >= 4 is 5.82 Å². The molecular weight excluding hydrogens is 279 g/mol. The van der Waals surface area contributed by atoms with E-state index in [1.54, 1.807) is 6.20 Å². The zero-order valence-electron chi connectivity index (χ0n) is 13.0. The van der Waals surface area contributed by atoms with Crippen molar-refractivity contribution in [2.45, 2.75) is 6.54 Å². The Balaban J connectivity index is 2.06. The van der Waals surface area contributed by atoms with E-state index in [4.69, 9.17) is 5.73 Å². The van der Waals surface area contributed by atoms with Gasteiger partial charge in [0.1, 0.15) is 11.6 Å². The molecule has 0 atom stereocenters. The SMILES string of the molecule is CN(CCN)CCN(Cc1ccc(F)cc1)c1ccccn1. The Kier molecular flexibility index (Phi) is 6.30.